The summed E-state index contributed by atoms with van der Waals surface area (Å²) in [5.41, 5.74) is 3.53. The van der Waals surface area contributed by atoms with E-state index in [0.717, 1.165) is 0 Å². The van der Waals surface area contributed by atoms with Crippen LogP contribution in [0, 0.1) is 10.1 Å². The van der Waals surface area contributed by atoms with Crippen LogP contribution in [0.1, 0.15) is 15.9 Å². The number of carboxylic acids is 1. The third kappa shape index (κ3) is 3.80. The largest absolute Gasteiger partial charge is 0.478 e. The first-order valence-corrected chi connectivity index (χ1v) is 6.41. The molecule has 2 rings (SSSR count). The summed E-state index contributed by atoms with van der Waals surface area (Å²) < 4.78 is 0. The minimum Gasteiger partial charge on any atom is -0.478 e. The zero-order chi connectivity index (χ0) is 16.1. The van der Waals surface area contributed by atoms with Gasteiger partial charge in [0.15, 0.2) is 0 Å². The Kier molecular flexibility index (Phi) is 4.70. The molecule has 7 nitrogen and oxygen atoms in total. The van der Waals surface area contributed by atoms with Crippen LogP contribution in [0.25, 0.3) is 0 Å². The van der Waals surface area contributed by atoms with Crippen molar-refractivity contribution in [2.75, 3.05) is 5.43 Å². The van der Waals surface area contributed by atoms with Crippen LogP contribution in [0.4, 0.5) is 11.4 Å². The maximum Gasteiger partial charge on any atom is 0.337 e. The van der Waals surface area contributed by atoms with Crippen LogP contribution in [0.15, 0.2) is 47.6 Å². The highest BCUT2D eigenvalue weighted by Gasteiger charge is 2.09. The van der Waals surface area contributed by atoms with E-state index in [1.807, 2.05) is 0 Å². The van der Waals surface area contributed by atoms with Gasteiger partial charge in [-0.15, -0.1) is 0 Å². The Morgan fingerprint density at radius 1 is 1.32 bits per heavy atom. The van der Waals surface area contributed by atoms with Crippen molar-refractivity contribution >= 4 is 35.2 Å². The number of rotatable bonds is 5. The second kappa shape index (κ2) is 6.68. The van der Waals surface area contributed by atoms with E-state index < -0.39 is 10.9 Å². The summed E-state index contributed by atoms with van der Waals surface area (Å²) in [5, 5.41) is 23.7. The Balaban J connectivity index is 2.13. The van der Waals surface area contributed by atoms with E-state index in [-0.39, 0.29) is 16.3 Å². The molecular formula is C14H10ClN3O4. The lowest BCUT2D eigenvalue weighted by Gasteiger charge is -2.03. The highest BCUT2D eigenvalue weighted by atomic mass is 35.5. The predicted octanol–water partition coefficient (Wildman–Crippen LogP) is 3.39. The molecule has 22 heavy (non-hydrogen) atoms. The molecule has 0 aromatic heterocycles. The van der Waals surface area contributed by atoms with Crippen molar-refractivity contribution in [1.82, 2.24) is 0 Å². The Morgan fingerprint density at radius 2 is 2.09 bits per heavy atom. The molecule has 0 unspecified atom stereocenters. The SMILES string of the molecule is O=C(O)c1cc(N/N=C\c2cccc([N+](=O)[O-])c2)ccc1Cl. The number of hydrazone groups is 1. The molecule has 112 valence electrons. The van der Waals surface area contributed by atoms with Gasteiger partial charge < -0.3 is 5.11 Å². The average Bonchev–Trinajstić information content (AvgIpc) is 2.49. The van der Waals surface area contributed by atoms with Crippen LogP contribution in [-0.2, 0) is 0 Å². The Morgan fingerprint density at radius 3 is 2.77 bits per heavy atom. The molecular weight excluding hydrogens is 310 g/mol. The summed E-state index contributed by atoms with van der Waals surface area (Å²) in [5.74, 6) is -1.14. The van der Waals surface area contributed by atoms with Gasteiger partial charge in [0, 0.05) is 17.7 Å². The fraction of sp³-hybridized carbons (Fsp3) is 0. The number of halogens is 1. The quantitative estimate of drug-likeness (QED) is 0.499. The van der Waals surface area contributed by atoms with E-state index in [1.54, 1.807) is 18.2 Å². The van der Waals surface area contributed by atoms with E-state index in [4.69, 9.17) is 16.7 Å². The second-order valence-electron chi connectivity index (χ2n) is 4.22. The summed E-state index contributed by atoms with van der Waals surface area (Å²) in [6.07, 6.45) is 1.39. The molecule has 0 bridgehead atoms. The van der Waals surface area contributed by atoms with Gasteiger partial charge in [-0.05, 0) is 18.2 Å². The second-order valence-corrected chi connectivity index (χ2v) is 4.63. The smallest absolute Gasteiger partial charge is 0.337 e. The summed E-state index contributed by atoms with van der Waals surface area (Å²) in [7, 11) is 0. The lowest BCUT2D eigenvalue weighted by molar-refractivity contribution is -0.384. The molecule has 2 aromatic rings. The van der Waals surface area contributed by atoms with Crippen LogP contribution < -0.4 is 5.43 Å². The number of benzene rings is 2. The topological polar surface area (TPSA) is 105 Å². The van der Waals surface area contributed by atoms with E-state index >= 15 is 0 Å². The van der Waals surface area contributed by atoms with Crippen molar-refractivity contribution < 1.29 is 14.8 Å². The monoisotopic (exact) mass is 319 g/mol. The first kappa shape index (κ1) is 15.5. The molecule has 0 fully saturated rings. The number of aromatic carboxylic acids is 1. The molecule has 0 aliphatic heterocycles. The number of anilines is 1. The van der Waals surface area contributed by atoms with Gasteiger partial charge >= 0.3 is 5.97 Å². The maximum absolute atomic E-state index is 11.0. The van der Waals surface area contributed by atoms with E-state index in [1.165, 1.54) is 30.5 Å². The summed E-state index contributed by atoms with van der Waals surface area (Å²) in [6.45, 7) is 0. The van der Waals surface area contributed by atoms with Crippen molar-refractivity contribution in [3.63, 3.8) is 0 Å². The van der Waals surface area contributed by atoms with Gasteiger partial charge in [0.2, 0.25) is 0 Å². The van der Waals surface area contributed by atoms with Gasteiger partial charge in [0.1, 0.15) is 0 Å². The molecule has 0 aliphatic carbocycles. The third-order valence-electron chi connectivity index (χ3n) is 2.69. The molecule has 0 amide bonds. The zero-order valence-electron chi connectivity index (χ0n) is 11.1. The minimum atomic E-state index is -1.14. The standard InChI is InChI=1S/C14H10ClN3O4/c15-13-5-4-10(7-12(13)14(19)20)17-16-8-9-2-1-3-11(6-9)18(21)22/h1-8,17H,(H,19,20)/b16-8-. The molecule has 0 aliphatic rings. The van der Waals surface area contributed by atoms with E-state index in [9.17, 15) is 14.9 Å². The van der Waals surface area contributed by atoms with Gasteiger partial charge in [0.25, 0.3) is 5.69 Å². The molecule has 2 N–H and O–H groups in total. The highest BCUT2D eigenvalue weighted by Crippen LogP contribution is 2.20. The third-order valence-corrected chi connectivity index (χ3v) is 3.01. The fourth-order valence-electron chi connectivity index (χ4n) is 1.66. The van der Waals surface area contributed by atoms with Crippen LogP contribution >= 0.6 is 11.6 Å². The maximum atomic E-state index is 11.0. The van der Waals surface area contributed by atoms with Crippen LogP contribution in [0.3, 0.4) is 0 Å². The van der Waals surface area contributed by atoms with E-state index in [2.05, 4.69) is 10.5 Å². The van der Waals surface area contributed by atoms with Crippen LogP contribution in [0.2, 0.25) is 5.02 Å². The van der Waals surface area contributed by atoms with Gasteiger partial charge in [-0.1, -0.05) is 23.7 Å². The predicted molar refractivity (Wildman–Crippen MR) is 82.7 cm³/mol. The van der Waals surface area contributed by atoms with Crippen molar-refractivity contribution in [1.29, 1.82) is 0 Å². The molecule has 0 spiro atoms. The number of nitro groups is 1. The fourth-order valence-corrected chi connectivity index (χ4v) is 1.86. The lowest BCUT2D eigenvalue weighted by atomic mass is 10.2. The zero-order valence-corrected chi connectivity index (χ0v) is 11.8. The average molecular weight is 320 g/mol. The van der Waals surface area contributed by atoms with Gasteiger partial charge in [-0.25, -0.2) is 4.79 Å². The molecule has 0 heterocycles. The molecule has 0 atom stereocenters. The van der Waals surface area contributed by atoms with E-state index in [0.29, 0.717) is 11.3 Å². The minimum absolute atomic E-state index is 0.0383. The van der Waals surface area contributed by atoms with Gasteiger partial charge in [-0.2, -0.15) is 5.10 Å². The summed E-state index contributed by atoms with van der Waals surface area (Å²) in [4.78, 5) is 21.1. The Hall–Kier alpha value is -2.93. The number of nitrogens with zero attached hydrogens (tertiary/aromatic N) is 2. The molecule has 0 radical (unpaired) electrons. The van der Waals surface area contributed by atoms with Crippen molar-refractivity contribution in [2.45, 2.75) is 0 Å². The number of carboxylic acid groups (broad SMARTS) is 1. The molecule has 2 aromatic carbocycles. The first-order valence-electron chi connectivity index (χ1n) is 6.04. The molecule has 0 saturated carbocycles. The van der Waals surface area contributed by atoms with Crippen molar-refractivity contribution in [3.05, 3.63) is 68.7 Å². The lowest BCUT2D eigenvalue weighted by Crippen LogP contribution is -1.99. The Bertz CT molecular complexity index is 762. The summed E-state index contributed by atoms with van der Waals surface area (Å²) in [6, 6.07) is 10.3. The molecule has 8 heteroatoms. The molecule has 0 saturated heterocycles. The van der Waals surface area contributed by atoms with Crippen LogP contribution in [0.5, 0.6) is 0 Å². The summed E-state index contributed by atoms with van der Waals surface area (Å²) >= 11 is 5.76. The first-order chi connectivity index (χ1) is 10.5. The van der Waals surface area contributed by atoms with Crippen molar-refractivity contribution in [3.8, 4) is 0 Å². The number of nitro benzene ring substituents is 1. The Labute approximate surface area is 130 Å². The van der Waals surface area contributed by atoms with Crippen molar-refractivity contribution in [2.24, 2.45) is 5.10 Å². The number of hydrogen-bond donors (Lipinski definition) is 2. The number of non-ortho nitro benzene ring substituents is 1. The normalized spacial score (nSPS) is 10.6. The number of nitrogens with one attached hydrogen (secondary N) is 1. The highest BCUT2D eigenvalue weighted by molar-refractivity contribution is 6.33. The van der Waals surface area contributed by atoms with Gasteiger partial charge in [0.05, 0.1) is 27.4 Å². The number of hydrogen-bond acceptors (Lipinski definition) is 5. The van der Waals surface area contributed by atoms with Gasteiger partial charge in [-0.3, -0.25) is 15.5 Å². The van der Waals surface area contributed by atoms with Crippen LogP contribution in [-0.4, -0.2) is 22.2 Å². The number of carbonyl (C=O) groups is 1.